The molecule has 3 heterocycles. The van der Waals surface area contributed by atoms with E-state index >= 15 is 0 Å². The molecule has 3 N–H and O–H groups in total. The summed E-state index contributed by atoms with van der Waals surface area (Å²) < 4.78 is 42.8. The van der Waals surface area contributed by atoms with E-state index in [2.05, 4.69) is 31.7 Å². The molecule has 372 valence electrons. The lowest BCUT2D eigenvalue weighted by atomic mass is 9.80. The van der Waals surface area contributed by atoms with Gasteiger partial charge in [0, 0.05) is 23.3 Å². The van der Waals surface area contributed by atoms with Crippen molar-refractivity contribution < 1.29 is 42.7 Å². The van der Waals surface area contributed by atoms with Gasteiger partial charge < -0.3 is 29.0 Å². The van der Waals surface area contributed by atoms with Crippen molar-refractivity contribution in [2.75, 3.05) is 37.6 Å². The van der Waals surface area contributed by atoms with Gasteiger partial charge in [0.15, 0.2) is 35.4 Å². The minimum Gasteiger partial charge on any atom is -0.497 e. The van der Waals surface area contributed by atoms with Crippen molar-refractivity contribution in [2.45, 2.75) is 76.3 Å². The number of para-hydroxylation sites is 1. The Balaban J connectivity index is 1.29. The van der Waals surface area contributed by atoms with E-state index in [4.69, 9.17) is 28.2 Å². The van der Waals surface area contributed by atoms with Crippen molar-refractivity contribution in [1.82, 2.24) is 24.2 Å². The number of ether oxygens (including phenoxy) is 5. The van der Waals surface area contributed by atoms with E-state index in [-0.39, 0.29) is 48.3 Å². The normalized spacial score (nSPS) is 17.6. The lowest BCUT2D eigenvalue weighted by Crippen LogP contribution is -2.46. The molecule has 0 bridgehead atoms. The Labute approximate surface area is 419 Å². The van der Waals surface area contributed by atoms with Gasteiger partial charge in [-0.15, -0.1) is 4.67 Å². The maximum absolute atomic E-state index is 14.3. The second-order valence-electron chi connectivity index (χ2n) is 17.5. The van der Waals surface area contributed by atoms with Gasteiger partial charge in [0.2, 0.25) is 0 Å². The number of anilines is 2. The summed E-state index contributed by atoms with van der Waals surface area (Å²) in [5.74, 6) is 0.993. The van der Waals surface area contributed by atoms with Gasteiger partial charge in [-0.25, -0.2) is 24.6 Å². The molecule has 1 aliphatic heterocycles. The number of fused-ring (bicyclic) bond motifs is 1. The van der Waals surface area contributed by atoms with Gasteiger partial charge in [-0.1, -0.05) is 91.0 Å². The van der Waals surface area contributed by atoms with Crippen LogP contribution in [0, 0.1) is 11.3 Å². The molecule has 7 aromatic rings. The van der Waals surface area contributed by atoms with Crippen molar-refractivity contribution in [3.05, 3.63) is 174 Å². The summed E-state index contributed by atoms with van der Waals surface area (Å²) in [6, 6.07) is 44.1. The molecule has 17 nitrogen and oxygen atoms in total. The Morgan fingerprint density at radius 3 is 1.92 bits per heavy atom. The van der Waals surface area contributed by atoms with E-state index in [1.165, 1.54) is 12.7 Å². The largest absolute Gasteiger partial charge is 0.497 e. The monoisotopic (exact) mass is 993 g/mol. The number of hydrogen-bond acceptors (Lipinski definition) is 14. The number of nitrogens with zero attached hydrogens (tertiary/aromatic N) is 6. The molecule has 2 amide bonds. The van der Waals surface area contributed by atoms with E-state index in [0.29, 0.717) is 22.7 Å². The lowest BCUT2D eigenvalue weighted by molar-refractivity contribution is -0.0931. The van der Waals surface area contributed by atoms with Crippen LogP contribution in [0.15, 0.2) is 152 Å². The number of methoxy groups -OCH3 is 2. The predicted octanol–water partition coefficient (Wildman–Crippen LogP) is 9.79. The Morgan fingerprint density at radius 2 is 1.35 bits per heavy atom. The zero-order valence-electron chi connectivity index (χ0n) is 40.9. The molecule has 72 heavy (non-hydrogen) atoms. The third-order valence-electron chi connectivity index (χ3n) is 12.3. The van der Waals surface area contributed by atoms with Crippen LogP contribution in [0.4, 0.5) is 16.3 Å². The van der Waals surface area contributed by atoms with E-state index in [1.807, 2.05) is 123 Å². The standard InChI is InChI=1S/C54H57N8O9P/c1-36(2)62(37(3)4)72(65,32-16-31-55)71-47-45(33-68-54(39-19-12-8-13-20-39,40-23-27-43(66-5)28-24-40)41-25-29-44(67-6)30-26-41)69-52(48(47)70-53(64)59-42-21-14-9-15-22-42)61-35-58-46-49(56-34-57-50(46)61)60-51(63)38-17-10-7-11-18-38/h7-15,17-30,34-37,45,47-48,52,65H,16,32-33H2,1-6H3,(H-,56,57,59,60,63,64)/p+1/t45-,47-,48-,52-,72?/m1/s1. The average Bonchev–Trinajstić information content (AvgIpc) is 3.97. The molecule has 1 saturated heterocycles. The first-order valence-electron chi connectivity index (χ1n) is 23.5. The molecule has 5 aromatic carbocycles. The molecule has 1 fully saturated rings. The second kappa shape index (κ2) is 22.9. The Hall–Kier alpha value is -7.29. The molecule has 8 rings (SSSR count). The van der Waals surface area contributed by atoms with E-state index in [0.717, 1.165) is 16.7 Å². The molecular formula is C54H58N8O9P+. The van der Waals surface area contributed by atoms with Crippen molar-refractivity contribution in [3.8, 4) is 17.6 Å². The van der Waals surface area contributed by atoms with Crippen molar-refractivity contribution >= 4 is 42.5 Å². The van der Waals surface area contributed by atoms with Crippen LogP contribution in [0.2, 0.25) is 0 Å². The quantitative estimate of drug-likeness (QED) is 0.0481. The highest BCUT2D eigenvalue weighted by atomic mass is 31.2. The average molecular weight is 994 g/mol. The van der Waals surface area contributed by atoms with Crippen molar-refractivity contribution in [1.29, 1.82) is 5.26 Å². The molecule has 0 radical (unpaired) electrons. The number of aromatic nitrogens is 4. The molecule has 5 atom stereocenters. The van der Waals surface area contributed by atoms with Gasteiger partial charge >= 0.3 is 14.0 Å². The molecule has 1 aliphatic rings. The lowest BCUT2D eigenvalue weighted by Gasteiger charge is -2.39. The van der Waals surface area contributed by atoms with Gasteiger partial charge in [0.25, 0.3) is 5.91 Å². The zero-order valence-corrected chi connectivity index (χ0v) is 41.8. The Morgan fingerprint density at radius 1 is 0.778 bits per heavy atom. The number of imidazole rings is 1. The number of hydrogen-bond donors (Lipinski definition) is 3. The van der Waals surface area contributed by atoms with Gasteiger partial charge in [-0.3, -0.25) is 14.7 Å². The third kappa shape index (κ3) is 10.9. The second-order valence-corrected chi connectivity index (χ2v) is 20.0. The summed E-state index contributed by atoms with van der Waals surface area (Å²) in [7, 11) is -0.565. The van der Waals surface area contributed by atoms with Crippen LogP contribution in [-0.2, 0) is 24.3 Å². The van der Waals surface area contributed by atoms with Crippen LogP contribution in [0.1, 0.15) is 67.4 Å². The zero-order chi connectivity index (χ0) is 50.8. The maximum Gasteiger partial charge on any atom is 0.412 e. The van der Waals surface area contributed by atoms with Crippen LogP contribution >= 0.6 is 7.87 Å². The number of amides is 2. The molecule has 0 spiro atoms. The molecule has 0 aliphatic carbocycles. The molecule has 0 saturated carbocycles. The molecule has 1 unspecified atom stereocenters. The highest BCUT2D eigenvalue weighted by Gasteiger charge is 2.59. The summed E-state index contributed by atoms with van der Waals surface area (Å²) in [4.78, 5) is 54.4. The van der Waals surface area contributed by atoms with E-state index in [9.17, 15) is 19.7 Å². The summed E-state index contributed by atoms with van der Waals surface area (Å²) in [5, 5.41) is 15.7. The molecular weight excluding hydrogens is 936 g/mol. The minimum absolute atomic E-state index is 0.0328. The highest BCUT2D eigenvalue weighted by molar-refractivity contribution is 7.63. The SMILES string of the molecule is COc1ccc(C(OC[C@H]2O[C@@H](n3cnc4c(NC(=O)c5ccccc5)ncnc43)[C@H](OC(=O)Nc3ccccc3)[C@@H]2O[P+](O)(CCC#N)N(C(C)C)C(C)C)(c2ccccc2)c2ccc(OC)cc2)cc1. The molecule has 2 aromatic heterocycles. The summed E-state index contributed by atoms with van der Waals surface area (Å²) in [6.45, 7) is 7.55. The van der Waals surface area contributed by atoms with Crippen LogP contribution in [0.25, 0.3) is 11.2 Å². The van der Waals surface area contributed by atoms with Gasteiger partial charge in [-0.05, 0) is 92.9 Å². The van der Waals surface area contributed by atoms with Crippen LogP contribution < -0.4 is 20.1 Å². The van der Waals surface area contributed by atoms with Crippen LogP contribution in [-0.4, -0.2) is 98.5 Å². The summed E-state index contributed by atoms with van der Waals surface area (Å²) in [5.41, 5.74) is 2.25. The van der Waals surface area contributed by atoms with Crippen LogP contribution in [0.3, 0.4) is 0 Å². The maximum atomic E-state index is 14.3. The number of benzene rings is 5. The summed E-state index contributed by atoms with van der Waals surface area (Å²) in [6.07, 6.45) is -3.14. The van der Waals surface area contributed by atoms with Gasteiger partial charge in [0.1, 0.15) is 35.7 Å². The Bertz CT molecular complexity index is 2890. The first-order chi connectivity index (χ1) is 34.9. The van der Waals surface area contributed by atoms with Gasteiger partial charge in [0.05, 0.1) is 39.6 Å². The van der Waals surface area contributed by atoms with E-state index in [1.54, 1.807) is 67.3 Å². The number of carbonyl (C=O) groups is 2. The van der Waals surface area contributed by atoms with Crippen molar-refractivity contribution in [2.24, 2.45) is 0 Å². The predicted molar refractivity (Wildman–Crippen MR) is 273 cm³/mol. The number of rotatable bonds is 20. The first kappa shape index (κ1) is 51.1. The fourth-order valence-corrected chi connectivity index (χ4v) is 12.1. The van der Waals surface area contributed by atoms with E-state index < -0.39 is 50.0 Å². The third-order valence-corrected chi connectivity index (χ3v) is 15.3. The number of nitriles is 1. The fraction of sp³-hybridized carbons (Fsp3) is 0.296. The topological polar surface area (TPSA) is 204 Å². The van der Waals surface area contributed by atoms with Crippen LogP contribution in [0.5, 0.6) is 11.5 Å². The Kier molecular flexibility index (Phi) is 16.2. The van der Waals surface area contributed by atoms with Gasteiger partial charge in [-0.2, -0.15) is 9.79 Å². The van der Waals surface area contributed by atoms with Crippen molar-refractivity contribution in [3.63, 3.8) is 0 Å². The smallest absolute Gasteiger partial charge is 0.412 e. The molecule has 18 heteroatoms. The summed E-state index contributed by atoms with van der Waals surface area (Å²) >= 11 is 0. The minimum atomic E-state index is -3.77. The fourth-order valence-electron chi connectivity index (χ4n) is 9.22. The first-order valence-corrected chi connectivity index (χ1v) is 25.3. The highest BCUT2D eigenvalue weighted by Crippen LogP contribution is 2.64. The number of nitrogens with one attached hydrogen (secondary N) is 2. The number of carbonyl (C=O) groups excluding carboxylic acids is 2.